The van der Waals surface area contributed by atoms with Crippen LogP contribution in [0.25, 0.3) is 22.3 Å². The summed E-state index contributed by atoms with van der Waals surface area (Å²) < 4.78 is 33.2. The topological polar surface area (TPSA) is 286 Å². The molecule has 0 bridgehead atoms. The van der Waals surface area contributed by atoms with Crippen molar-refractivity contribution in [2.75, 3.05) is 79.0 Å². The van der Waals surface area contributed by atoms with Gasteiger partial charge in [-0.05, 0) is 62.4 Å². The summed E-state index contributed by atoms with van der Waals surface area (Å²) in [6, 6.07) is 10.2. The van der Waals surface area contributed by atoms with E-state index < -0.39 is 64.9 Å². The first-order chi connectivity index (χ1) is 38.7. The van der Waals surface area contributed by atoms with Crippen molar-refractivity contribution in [3.63, 3.8) is 0 Å². The lowest BCUT2D eigenvalue weighted by molar-refractivity contribution is -0.926. The van der Waals surface area contributed by atoms with E-state index >= 15 is 4.39 Å². The van der Waals surface area contributed by atoms with E-state index in [4.69, 9.17) is 19.2 Å². The van der Waals surface area contributed by atoms with E-state index in [1.807, 2.05) is 24.3 Å². The Bertz CT molecular complexity index is 3190. The number of piperazine rings is 1. The minimum Gasteiger partial charge on any atom is -0.494 e. The molecular formula is C57H70FN10O13+. The molecule has 2 aromatic heterocycles. The van der Waals surface area contributed by atoms with E-state index in [1.54, 1.807) is 30.5 Å². The highest BCUT2D eigenvalue weighted by molar-refractivity contribution is 6.12. The fourth-order valence-electron chi connectivity index (χ4n) is 10.6. The van der Waals surface area contributed by atoms with Gasteiger partial charge in [-0.3, -0.25) is 48.2 Å². The molecule has 81 heavy (non-hydrogen) atoms. The molecule has 24 heteroatoms. The van der Waals surface area contributed by atoms with Gasteiger partial charge in [0.15, 0.2) is 17.2 Å². The Hall–Kier alpha value is -7.93. The molecule has 4 aliphatic rings. The van der Waals surface area contributed by atoms with E-state index in [2.05, 4.69) is 38.5 Å². The van der Waals surface area contributed by atoms with Crippen LogP contribution in [0.4, 0.5) is 10.1 Å². The van der Waals surface area contributed by atoms with Gasteiger partial charge in [-0.15, -0.1) is 0 Å². The summed E-state index contributed by atoms with van der Waals surface area (Å²) in [5.74, 6) is -4.52. The highest BCUT2D eigenvalue weighted by Crippen LogP contribution is 2.41. The number of fused-ring (bicyclic) bond motifs is 5. The van der Waals surface area contributed by atoms with Crippen molar-refractivity contribution in [1.82, 2.24) is 40.6 Å². The summed E-state index contributed by atoms with van der Waals surface area (Å²) in [6.45, 7) is 8.03. The third-order valence-electron chi connectivity index (χ3n) is 15.4. The van der Waals surface area contributed by atoms with Gasteiger partial charge in [0, 0.05) is 112 Å². The number of rotatable bonds is 25. The number of aliphatic hydroxyl groups is 1. The summed E-state index contributed by atoms with van der Waals surface area (Å²) >= 11 is 0. The van der Waals surface area contributed by atoms with Gasteiger partial charge < -0.3 is 55.0 Å². The Morgan fingerprint density at radius 1 is 0.877 bits per heavy atom. The molecule has 2 aromatic carbocycles. The van der Waals surface area contributed by atoms with E-state index in [-0.39, 0.29) is 106 Å². The molecule has 3 atom stereocenters. The van der Waals surface area contributed by atoms with Crippen molar-refractivity contribution in [2.24, 2.45) is 0 Å². The number of cyclic esters (lactones) is 1. The van der Waals surface area contributed by atoms with Gasteiger partial charge >= 0.3 is 5.97 Å². The lowest BCUT2D eigenvalue weighted by Gasteiger charge is -2.42. The number of ether oxygens (including phenoxy) is 3. The van der Waals surface area contributed by atoms with Crippen LogP contribution in [0.5, 0.6) is 5.75 Å². The Kier molecular flexibility index (Phi) is 18.8. The second kappa shape index (κ2) is 25.7. The molecule has 7 amide bonds. The zero-order chi connectivity index (χ0) is 58.2. The summed E-state index contributed by atoms with van der Waals surface area (Å²) in [4.78, 5) is 123. The van der Waals surface area contributed by atoms with Gasteiger partial charge in [-0.1, -0.05) is 19.1 Å². The number of imide groups is 1. The number of benzene rings is 2. The SMILES string of the molecule is CC[C@@]1(O)C(=O)OCc2c1cc1n(c2=O)Cc2c-1nc1cc(F)c(OC)cc1c2CN1CC[N+](C)(Cc2ccc(NC(=O)[C@H](C)NC(=O)CCCNC(=O)[C@H](CCC(=O)NCCOC)NC(=O)CCCN3C(=O)C=CC3=O)cc2)CC1. The maximum Gasteiger partial charge on any atom is 0.343 e. The van der Waals surface area contributed by atoms with Crippen LogP contribution in [-0.4, -0.2) is 162 Å². The van der Waals surface area contributed by atoms with Crippen LogP contribution < -0.4 is 36.9 Å². The van der Waals surface area contributed by atoms with Crippen LogP contribution in [0.3, 0.4) is 0 Å². The molecule has 6 heterocycles. The number of carbonyl (C=O) groups is 8. The maximum absolute atomic E-state index is 15.3. The number of nitrogens with one attached hydrogen (secondary N) is 5. The lowest BCUT2D eigenvalue weighted by atomic mass is 9.86. The van der Waals surface area contributed by atoms with Crippen LogP contribution in [0.1, 0.15) is 86.6 Å². The fraction of sp³-hybridized carbons (Fsp3) is 0.474. The monoisotopic (exact) mass is 1120 g/mol. The molecule has 23 nitrogen and oxygen atoms in total. The number of hydrogen-bond donors (Lipinski definition) is 6. The number of anilines is 1. The average Bonchev–Trinajstić information content (AvgIpc) is 3.96. The largest absolute Gasteiger partial charge is 0.494 e. The van der Waals surface area contributed by atoms with Gasteiger partial charge in [0.05, 0.1) is 62.9 Å². The first kappa shape index (κ1) is 59.2. The minimum atomic E-state index is -1.99. The van der Waals surface area contributed by atoms with E-state index in [1.165, 1.54) is 20.3 Å². The molecule has 1 saturated heterocycles. The molecule has 8 rings (SSSR count). The molecule has 0 aliphatic carbocycles. The molecule has 0 unspecified atom stereocenters. The van der Waals surface area contributed by atoms with E-state index in [0.29, 0.717) is 47.7 Å². The number of aromatic nitrogens is 2. The van der Waals surface area contributed by atoms with E-state index in [0.717, 1.165) is 64.4 Å². The molecule has 4 aliphatic heterocycles. The summed E-state index contributed by atoms with van der Waals surface area (Å²) in [5, 5.41) is 25.7. The van der Waals surface area contributed by atoms with Crippen molar-refractivity contribution in [1.29, 1.82) is 0 Å². The second-order valence-electron chi connectivity index (χ2n) is 21.2. The maximum atomic E-state index is 15.3. The van der Waals surface area contributed by atoms with Gasteiger partial charge in [-0.25, -0.2) is 14.2 Å². The van der Waals surface area contributed by atoms with Crippen LogP contribution in [-0.2, 0) is 79.7 Å². The molecule has 0 radical (unpaired) electrons. The third-order valence-corrected chi connectivity index (χ3v) is 15.4. The molecule has 0 saturated carbocycles. The van der Waals surface area contributed by atoms with Gasteiger partial charge in [0.25, 0.3) is 17.4 Å². The number of likely N-dealkylation sites (N-methyl/N-ethyl adjacent to an activating group) is 1. The molecule has 4 aromatic rings. The number of quaternary nitrogens is 1. The highest BCUT2D eigenvalue weighted by atomic mass is 19.1. The molecule has 1 fully saturated rings. The van der Waals surface area contributed by atoms with Crippen LogP contribution in [0, 0.1) is 5.82 Å². The molecule has 0 spiro atoms. The summed E-state index contributed by atoms with van der Waals surface area (Å²) in [7, 11) is 5.09. The van der Waals surface area contributed by atoms with Crippen molar-refractivity contribution < 1.29 is 66.5 Å². The Balaban J connectivity index is 0.804. The van der Waals surface area contributed by atoms with Crippen LogP contribution in [0.2, 0.25) is 0 Å². The number of carbonyl (C=O) groups excluding carboxylic acids is 8. The molecular weight excluding hydrogens is 1050 g/mol. The summed E-state index contributed by atoms with van der Waals surface area (Å²) in [5.41, 5.74) is 2.62. The first-order valence-corrected chi connectivity index (χ1v) is 27.2. The number of hydrogen-bond acceptors (Lipinski definition) is 15. The quantitative estimate of drug-likeness (QED) is 0.0210. The third kappa shape index (κ3) is 13.6. The standard InChI is InChI=1S/C57H69FN10O13/c1-6-57(78)41-28-45-52-39(31-67(45)55(76)40(41)33-81-56(57)77)38(37-27-46(80-5)42(58)29-44(37)64-52)30-65-22-24-68(3,25-23-65)32-35-11-13-36(14-12-35)62-53(74)34(2)61-48(70)9-7-19-60-54(75)43(15-16-47(69)59-20-26-79-4)63-49(71)10-8-21-66-50(72)17-18-51(66)73/h11-14,17-18,27-29,34,43,78H,6-10,15-16,19-26,30-33H2,1-5H3,(H4-,59,60,61,62,63,69,70,71,74,75)/p+1/t34-,43-,57-/m0/s1. The number of halogens is 1. The molecule has 432 valence electrons. The van der Waals surface area contributed by atoms with Crippen LogP contribution in [0.15, 0.2) is 59.4 Å². The Labute approximate surface area is 467 Å². The normalized spacial score (nSPS) is 17.9. The predicted molar refractivity (Wildman–Crippen MR) is 292 cm³/mol. The number of nitrogens with zero attached hydrogens (tertiary/aromatic N) is 5. The zero-order valence-electron chi connectivity index (χ0n) is 46.2. The first-order valence-electron chi connectivity index (χ1n) is 27.2. The van der Waals surface area contributed by atoms with Gasteiger partial charge in [-0.2, -0.15) is 0 Å². The fourth-order valence-corrected chi connectivity index (χ4v) is 10.6. The van der Waals surface area contributed by atoms with Crippen molar-refractivity contribution in [3.8, 4) is 17.1 Å². The van der Waals surface area contributed by atoms with Crippen molar-refractivity contribution >= 4 is 63.9 Å². The zero-order valence-corrected chi connectivity index (χ0v) is 46.2. The minimum absolute atomic E-state index is 0.00289. The van der Waals surface area contributed by atoms with E-state index in [9.17, 15) is 48.3 Å². The van der Waals surface area contributed by atoms with Crippen molar-refractivity contribution in [2.45, 2.75) is 103 Å². The number of pyridine rings is 2. The summed E-state index contributed by atoms with van der Waals surface area (Å²) in [6.07, 6.45) is 2.50. The van der Waals surface area contributed by atoms with Gasteiger partial charge in [0.1, 0.15) is 25.2 Å². The van der Waals surface area contributed by atoms with Gasteiger partial charge in [0.2, 0.25) is 29.5 Å². The second-order valence-corrected chi connectivity index (χ2v) is 21.2. The highest BCUT2D eigenvalue weighted by Gasteiger charge is 2.46. The Morgan fingerprint density at radius 2 is 1.58 bits per heavy atom. The lowest BCUT2D eigenvalue weighted by Crippen LogP contribution is -2.56. The Morgan fingerprint density at radius 3 is 2.27 bits per heavy atom. The van der Waals surface area contributed by atoms with Crippen molar-refractivity contribution in [3.05, 3.63) is 98.6 Å². The van der Waals surface area contributed by atoms with Crippen LogP contribution >= 0.6 is 0 Å². The predicted octanol–water partition coefficient (Wildman–Crippen LogP) is 1.76. The number of esters is 1. The average molecular weight is 1120 g/mol. The number of amides is 7. The smallest absolute Gasteiger partial charge is 0.343 e. The number of methoxy groups -OCH3 is 2. The molecule has 6 N–H and O–H groups in total.